The van der Waals surface area contributed by atoms with Crippen LogP contribution in [0.5, 0.6) is 0 Å². The normalized spacial score (nSPS) is 12.5. The number of carbonyl (C=O) groups excluding carboxylic acids is 1. The van der Waals surface area contributed by atoms with Gasteiger partial charge in [-0.15, -0.1) is 0 Å². The smallest absolute Gasteiger partial charge is 0.325 e. The van der Waals surface area contributed by atoms with Crippen LogP contribution in [0.25, 0.3) is 0 Å². The van der Waals surface area contributed by atoms with Crippen molar-refractivity contribution in [2.24, 2.45) is 5.73 Å². The highest BCUT2D eigenvalue weighted by molar-refractivity contribution is 5.75. The summed E-state index contributed by atoms with van der Waals surface area (Å²) in [7, 11) is 1.30. The number of hydrogen-bond donors (Lipinski definition) is 1. The molecule has 0 amide bonds. The summed E-state index contributed by atoms with van der Waals surface area (Å²) >= 11 is 0. The van der Waals surface area contributed by atoms with Gasteiger partial charge in [-0.1, -0.05) is 13.3 Å². The summed E-state index contributed by atoms with van der Waals surface area (Å²) in [6, 6.07) is -0.703. The number of nitrogens with two attached hydrogens (primary N) is 1. The molecule has 0 aliphatic heterocycles. The summed E-state index contributed by atoms with van der Waals surface area (Å²) in [6.45, 7) is 4.02. The van der Waals surface area contributed by atoms with Crippen LogP contribution in [-0.4, -0.2) is 45.5 Å². The second-order valence-electron chi connectivity index (χ2n) is 3.17. The molecule has 0 fully saturated rings. The fraction of sp³-hybridized carbons (Fsp3) is 0.900. The number of methoxy groups -OCH3 is 1. The highest BCUT2D eigenvalue weighted by atomic mass is 16.5. The van der Waals surface area contributed by atoms with Crippen molar-refractivity contribution in [3.63, 3.8) is 0 Å². The molecule has 5 heteroatoms. The molecule has 0 saturated heterocycles. The van der Waals surface area contributed by atoms with Crippen LogP contribution in [0, 0.1) is 0 Å². The molecule has 0 spiro atoms. The van der Waals surface area contributed by atoms with Gasteiger partial charge in [0.15, 0.2) is 0 Å². The van der Waals surface area contributed by atoms with Crippen molar-refractivity contribution >= 4 is 5.97 Å². The number of rotatable bonds is 9. The molecule has 0 heterocycles. The van der Waals surface area contributed by atoms with E-state index in [1.165, 1.54) is 7.11 Å². The van der Waals surface area contributed by atoms with Crippen molar-refractivity contribution in [2.45, 2.75) is 25.8 Å². The first-order chi connectivity index (χ1) is 7.22. The third kappa shape index (κ3) is 8.35. The molecule has 0 aromatic carbocycles. The van der Waals surface area contributed by atoms with Crippen LogP contribution < -0.4 is 5.73 Å². The average molecular weight is 219 g/mol. The molecule has 0 aliphatic rings. The SMILES string of the molecule is CCCCOCCOCC(N)C(=O)OC. The molecule has 0 aromatic heterocycles. The maximum Gasteiger partial charge on any atom is 0.325 e. The predicted molar refractivity (Wildman–Crippen MR) is 56.5 cm³/mol. The minimum absolute atomic E-state index is 0.170. The van der Waals surface area contributed by atoms with E-state index in [1.807, 2.05) is 0 Å². The lowest BCUT2D eigenvalue weighted by Crippen LogP contribution is -2.36. The Kier molecular flexibility index (Phi) is 9.46. The summed E-state index contributed by atoms with van der Waals surface area (Å²) in [5.41, 5.74) is 5.45. The molecule has 0 saturated carbocycles. The third-order valence-corrected chi connectivity index (χ3v) is 1.82. The van der Waals surface area contributed by atoms with Crippen molar-refractivity contribution in [3.8, 4) is 0 Å². The standard InChI is InChI=1S/C10H21NO4/c1-3-4-5-14-6-7-15-8-9(11)10(12)13-2/h9H,3-8,11H2,1-2H3. The highest BCUT2D eigenvalue weighted by Gasteiger charge is 2.12. The predicted octanol–water partition coefficient (Wildman–Crippen LogP) is 0.320. The van der Waals surface area contributed by atoms with Gasteiger partial charge in [0.2, 0.25) is 0 Å². The molecule has 15 heavy (non-hydrogen) atoms. The lowest BCUT2D eigenvalue weighted by atomic mass is 10.3. The fourth-order valence-electron chi connectivity index (χ4n) is 0.896. The van der Waals surface area contributed by atoms with E-state index in [-0.39, 0.29) is 6.61 Å². The molecule has 1 unspecified atom stereocenters. The molecule has 0 rings (SSSR count). The van der Waals surface area contributed by atoms with E-state index in [4.69, 9.17) is 15.2 Å². The first-order valence-corrected chi connectivity index (χ1v) is 5.21. The molecule has 90 valence electrons. The lowest BCUT2D eigenvalue weighted by Gasteiger charge is -2.09. The van der Waals surface area contributed by atoms with Gasteiger partial charge in [0.1, 0.15) is 6.04 Å². The lowest BCUT2D eigenvalue weighted by molar-refractivity contribution is -0.143. The molecule has 1 atom stereocenters. The number of hydrogen-bond acceptors (Lipinski definition) is 5. The van der Waals surface area contributed by atoms with E-state index in [0.29, 0.717) is 13.2 Å². The second kappa shape index (κ2) is 9.89. The molecule has 2 N–H and O–H groups in total. The first kappa shape index (κ1) is 14.3. The van der Waals surface area contributed by atoms with Gasteiger partial charge in [0.25, 0.3) is 0 Å². The van der Waals surface area contributed by atoms with Gasteiger partial charge in [-0.25, -0.2) is 0 Å². The van der Waals surface area contributed by atoms with Crippen molar-refractivity contribution in [1.29, 1.82) is 0 Å². The monoisotopic (exact) mass is 219 g/mol. The minimum atomic E-state index is -0.703. The van der Waals surface area contributed by atoms with Gasteiger partial charge in [-0.3, -0.25) is 4.79 Å². The summed E-state index contributed by atoms with van der Waals surface area (Å²) in [5.74, 6) is -0.457. The molecular formula is C10H21NO4. The summed E-state index contributed by atoms with van der Waals surface area (Å²) in [4.78, 5) is 10.9. The maximum atomic E-state index is 10.9. The first-order valence-electron chi connectivity index (χ1n) is 5.21. The third-order valence-electron chi connectivity index (χ3n) is 1.82. The Labute approximate surface area is 90.9 Å². The van der Waals surface area contributed by atoms with Crippen LogP contribution in [0.3, 0.4) is 0 Å². The van der Waals surface area contributed by atoms with Gasteiger partial charge in [0, 0.05) is 6.61 Å². The Balaban J connectivity index is 3.20. The topological polar surface area (TPSA) is 70.8 Å². The number of unbranched alkanes of at least 4 members (excludes halogenated alkanes) is 1. The summed E-state index contributed by atoms with van der Waals surface area (Å²) in [5, 5.41) is 0. The number of ether oxygens (including phenoxy) is 3. The van der Waals surface area contributed by atoms with Crippen LogP contribution in [0.4, 0.5) is 0 Å². The van der Waals surface area contributed by atoms with E-state index in [9.17, 15) is 4.79 Å². The Morgan fingerprint density at radius 2 is 1.93 bits per heavy atom. The van der Waals surface area contributed by atoms with Crippen LogP contribution in [0.1, 0.15) is 19.8 Å². The molecule has 5 nitrogen and oxygen atoms in total. The summed E-state index contributed by atoms with van der Waals surface area (Å²) in [6.07, 6.45) is 2.18. The maximum absolute atomic E-state index is 10.9. The van der Waals surface area contributed by atoms with E-state index >= 15 is 0 Å². The van der Waals surface area contributed by atoms with Gasteiger partial charge in [0.05, 0.1) is 26.9 Å². The van der Waals surface area contributed by atoms with Crippen molar-refractivity contribution in [2.75, 3.05) is 33.5 Å². The van der Waals surface area contributed by atoms with Gasteiger partial charge in [-0.05, 0) is 6.42 Å². The van der Waals surface area contributed by atoms with E-state index in [2.05, 4.69) is 11.7 Å². The van der Waals surface area contributed by atoms with Crippen molar-refractivity contribution < 1.29 is 19.0 Å². The Hall–Kier alpha value is -0.650. The van der Waals surface area contributed by atoms with Gasteiger partial charge >= 0.3 is 5.97 Å². The minimum Gasteiger partial charge on any atom is -0.468 e. The molecule has 0 radical (unpaired) electrons. The highest BCUT2D eigenvalue weighted by Crippen LogP contribution is 1.89. The van der Waals surface area contributed by atoms with E-state index in [1.54, 1.807) is 0 Å². The number of esters is 1. The second-order valence-corrected chi connectivity index (χ2v) is 3.17. The molecule has 0 bridgehead atoms. The molecule has 0 aromatic rings. The zero-order valence-corrected chi connectivity index (χ0v) is 9.53. The van der Waals surface area contributed by atoms with Crippen molar-refractivity contribution in [3.05, 3.63) is 0 Å². The number of carbonyl (C=O) groups is 1. The van der Waals surface area contributed by atoms with Gasteiger partial charge in [-0.2, -0.15) is 0 Å². The van der Waals surface area contributed by atoms with Crippen LogP contribution in [0.2, 0.25) is 0 Å². The van der Waals surface area contributed by atoms with Crippen LogP contribution in [0.15, 0.2) is 0 Å². The summed E-state index contributed by atoms with van der Waals surface area (Å²) < 4.78 is 14.9. The van der Waals surface area contributed by atoms with E-state index in [0.717, 1.165) is 19.4 Å². The average Bonchev–Trinajstić information content (AvgIpc) is 2.26. The zero-order valence-electron chi connectivity index (χ0n) is 9.53. The van der Waals surface area contributed by atoms with Crippen LogP contribution >= 0.6 is 0 Å². The van der Waals surface area contributed by atoms with E-state index < -0.39 is 12.0 Å². The van der Waals surface area contributed by atoms with Gasteiger partial charge < -0.3 is 19.9 Å². The molecular weight excluding hydrogens is 198 g/mol. The van der Waals surface area contributed by atoms with Crippen LogP contribution in [-0.2, 0) is 19.0 Å². The zero-order chi connectivity index (χ0) is 11.5. The Morgan fingerprint density at radius 1 is 1.27 bits per heavy atom. The molecule has 0 aliphatic carbocycles. The quantitative estimate of drug-likeness (QED) is 0.446. The Bertz CT molecular complexity index is 164. The largest absolute Gasteiger partial charge is 0.468 e. The Morgan fingerprint density at radius 3 is 2.53 bits per heavy atom. The van der Waals surface area contributed by atoms with Crippen molar-refractivity contribution in [1.82, 2.24) is 0 Å². The fourth-order valence-corrected chi connectivity index (χ4v) is 0.896.